The standard InChI is InChI=1S/C30H38ClFN4O5/c1-18(27(37)38)33-15-22-23(32)13-20(31)14-25(22)40-21-11-9-19(10-12-21)24-16-34-26(35(24)8)17-36(29(2,3)4)28(39)41-30(5,6)7/h9-14,16,18,33H,15,17H2,1-8H3,(H,37,38). The van der Waals surface area contributed by atoms with Crippen LogP contribution in [0.3, 0.4) is 0 Å². The first-order valence-electron chi connectivity index (χ1n) is 13.2. The fourth-order valence-electron chi connectivity index (χ4n) is 3.90. The first-order chi connectivity index (χ1) is 19.0. The van der Waals surface area contributed by atoms with Gasteiger partial charge in [-0.25, -0.2) is 14.2 Å². The van der Waals surface area contributed by atoms with Crippen LogP contribution in [-0.4, -0.2) is 48.8 Å². The summed E-state index contributed by atoms with van der Waals surface area (Å²) in [4.78, 5) is 30.3. The summed E-state index contributed by atoms with van der Waals surface area (Å²) in [5.74, 6) is -0.350. The second kappa shape index (κ2) is 12.5. The maximum atomic E-state index is 14.7. The van der Waals surface area contributed by atoms with Crippen LogP contribution in [-0.2, 0) is 29.7 Å². The van der Waals surface area contributed by atoms with Crippen LogP contribution in [0.15, 0.2) is 42.6 Å². The minimum absolute atomic E-state index is 0.0590. The van der Waals surface area contributed by atoms with Gasteiger partial charge in [0.25, 0.3) is 0 Å². The third-order valence-electron chi connectivity index (χ3n) is 6.26. The van der Waals surface area contributed by atoms with Gasteiger partial charge in [-0.15, -0.1) is 0 Å². The van der Waals surface area contributed by atoms with Gasteiger partial charge in [0.2, 0.25) is 0 Å². The number of halogens is 2. The number of ether oxygens (including phenoxy) is 2. The van der Waals surface area contributed by atoms with E-state index in [2.05, 4.69) is 10.3 Å². The Hall–Kier alpha value is -3.63. The lowest BCUT2D eigenvalue weighted by Crippen LogP contribution is -2.47. The van der Waals surface area contributed by atoms with Gasteiger partial charge in [-0.1, -0.05) is 11.6 Å². The largest absolute Gasteiger partial charge is 0.480 e. The number of amides is 1. The third kappa shape index (κ3) is 8.43. The zero-order valence-corrected chi connectivity index (χ0v) is 25.5. The fraction of sp³-hybridized carbons (Fsp3) is 0.433. The molecule has 41 heavy (non-hydrogen) atoms. The predicted octanol–water partition coefficient (Wildman–Crippen LogP) is 6.77. The van der Waals surface area contributed by atoms with E-state index < -0.39 is 35.1 Å². The number of hydrogen-bond donors (Lipinski definition) is 2. The van der Waals surface area contributed by atoms with Crippen molar-refractivity contribution in [1.29, 1.82) is 0 Å². The minimum atomic E-state index is -1.05. The van der Waals surface area contributed by atoms with Crippen LogP contribution < -0.4 is 10.1 Å². The van der Waals surface area contributed by atoms with Crippen molar-refractivity contribution in [1.82, 2.24) is 19.8 Å². The van der Waals surface area contributed by atoms with Crippen molar-refractivity contribution in [3.63, 3.8) is 0 Å². The molecule has 0 aliphatic carbocycles. The van der Waals surface area contributed by atoms with Gasteiger partial charge in [0.05, 0.1) is 18.4 Å². The first kappa shape index (κ1) is 31.9. The zero-order chi connectivity index (χ0) is 30.7. The lowest BCUT2D eigenvalue weighted by molar-refractivity contribution is -0.139. The number of carbonyl (C=O) groups is 2. The van der Waals surface area contributed by atoms with Gasteiger partial charge in [0.15, 0.2) is 0 Å². The number of carbonyl (C=O) groups excluding carboxylic acids is 1. The molecule has 1 unspecified atom stereocenters. The van der Waals surface area contributed by atoms with E-state index in [0.717, 1.165) is 17.3 Å². The van der Waals surface area contributed by atoms with E-state index in [-0.39, 0.29) is 29.4 Å². The first-order valence-corrected chi connectivity index (χ1v) is 13.6. The summed E-state index contributed by atoms with van der Waals surface area (Å²) in [7, 11) is 1.88. The summed E-state index contributed by atoms with van der Waals surface area (Å²) >= 11 is 6.06. The van der Waals surface area contributed by atoms with Crippen molar-refractivity contribution in [2.75, 3.05) is 0 Å². The summed E-state index contributed by atoms with van der Waals surface area (Å²) in [6.45, 7) is 13.0. The molecule has 3 aromatic rings. The molecule has 11 heteroatoms. The summed E-state index contributed by atoms with van der Waals surface area (Å²) in [6.07, 6.45) is 1.32. The number of carboxylic acid groups (broad SMARTS) is 1. The van der Waals surface area contributed by atoms with Crippen LogP contribution in [0, 0.1) is 5.82 Å². The van der Waals surface area contributed by atoms with E-state index in [1.165, 1.54) is 13.0 Å². The Morgan fingerprint density at radius 1 is 1.15 bits per heavy atom. The van der Waals surface area contributed by atoms with E-state index in [4.69, 9.17) is 26.2 Å². The van der Waals surface area contributed by atoms with Gasteiger partial charge in [0, 0.05) is 35.3 Å². The van der Waals surface area contributed by atoms with E-state index >= 15 is 0 Å². The van der Waals surface area contributed by atoms with Crippen LogP contribution in [0.2, 0.25) is 5.02 Å². The van der Waals surface area contributed by atoms with Gasteiger partial charge < -0.3 is 24.5 Å². The van der Waals surface area contributed by atoms with Gasteiger partial charge >= 0.3 is 12.1 Å². The van der Waals surface area contributed by atoms with E-state index in [1.54, 1.807) is 23.2 Å². The summed E-state index contributed by atoms with van der Waals surface area (Å²) in [5.41, 5.74) is 0.727. The molecule has 9 nitrogen and oxygen atoms in total. The average molecular weight is 589 g/mol. The Balaban J connectivity index is 1.81. The average Bonchev–Trinajstić information content (AvgIpc) is 3.20. The summed E-state index contributed by atoms with van der Waals surface area (Å²) in [6, 6.07) is 8.93. The predicted molar refractivity (Wildman–Crippen MR) is 156 cm³/mol. The Kier molecular flexibility index (Phi) is 9.71. The number of rotatable bonds is 9. The van der Waals surface area contributed by atoms with Crippen LogP contribution in [0.25, 0.3) is 11.3 Å². The SMILES string of the molecule is CC(NCc1c(F)cc(Cl)cc1Oc1ccc(-c2cnc(CN(C(=O)OC(C)(C)C)C(C)(C)C)n2C)cc1)C(=O)O. The topological polar surface area (TPSA) is 106 Å². The highest BCUT2D eigenvalue weighted by Crippen LogP contribution is 2.32. The molecule has 0 bridgehead atoms. The summed E-state index contributed by atoms with van der Waals surface area (Å²) in [5, 5.41) is 12.0. The molecule has 0 saturated heterocycles. The van der Waals surface area contributed by atoms with Crippen molar-refractivity contribution in [3.05, 3.63) is 64.8 Å². The number of hydrogen-bond acceptors (Lipinski definition) is 6. The second-order valence-electron chi connectivity index (χ2n) is 11.8. The molecule has 1 atom stereocenters. The van der Waals surface area contributed by atoms with Crippen molar-refractivity contribution in [2.24, 2.45) is 7.05 Å². The second-order valence-corrected chi connectivity index (χ2v) is 12.2. The molecule has 0 spiro atoms. The van der Waals surface area contributed by atoms with Gasteiger partial charge in [0.1, 0.15) is 34.8 Å². The van der Waals surface area contributed by atoms with Crippen molar-refractivity contribution in [2.45, 2.75) is 78.7 Å². The zero-order valence-electron chi connectivity index (χ0n) is 24.7. The summed E-state index contributed by atoms with van der Waals surface area (Å²) < 4.78 is 28.2. The molecule has 2 aromatic carbocycles. The molecular weight excluding hydrogens is 551 g/mol. The lowest BCUT2D eigenvalue weighted by Gasteiger charge is -2.36. The molecule has 0 aliphatic heterocycles. The van der Waals surface area contributed by atoms with E-state index in [0.29, 0.717) is 11.6 Å². The van der Waals surface area contributed by atoms with Crippen molar-refractivity contribution in [3.8, 4) is 22.8 Å². The Bertz CT molecular complexity index is 1390. The molecule has 1 aromatic heterocycles. The highest BCUT2D eigenvalue weighted by atomic mass is 35.5. The quantitative estimate of drug-likeness (QED) is 0.284. The molecule has 222 valence electrons. The molecule has 0 radical (unpaired) electrons. The van der Waals surface area contributed by atoms with Crippen LogP contribution in [0.4, 0.5) is 9.18 Å². The van der Waals surface area contributed by atoms with Crippen molar-refractivity contribution < 1.29 is 28.6 Å². The number of carboxylic acids is 1. The van der Waals surface area contributed by atoms with Gasteiger partial charge in [-0.05, 0) is 84.9 Å². The monoisotopic (exact) mass is 588 g/mol. The molecule has 3 rings (SSSR count). The van der Waals surface area contributed by atoms with Crippen LogP contribution in [0.5, 0.6) is 11.5 Å². The number of nitrogens with zero attached hydrogens (tertiary/aromatic N) is 3. The maximum Gasteiger partial charge on any atom is 0.411 e. The number of benzene rings is 2. The molecule has 0 fully saturated rings. The smallest absolute Gasteiger partial charge is 0.411 e. The number of aromatic nitrogens is 2. The highest BCUT2D eigenvalue weighted by molar-refractivity contribution is 6.30. The number of nitrogens with one attached hydrogen (secondary N) is 1. The Labute approximate surface area is 245 Å². The van der Waals surface area contributed by atoms with E-state index in [1.807, 2.05) is 65.3 Å². The van der Waals surface area contributed by atoms with Crippen LogP contribution in [0.1, 0.15) is 59.9 Å². The molecule has 1 amide bonds. The fourth-order valence-corrected chi connectivity index (χ4v) is 4.10. The molecular formula is C30H38ClFN4O5. The molecule has 0 aliphatic rings. The molecule has 2 N–H and O–H groups in total. The molecule has 0 saturated carbocycles. The Morgan fingerprint density at radius 3 is 2.34 bits per heavy atom. The minimum Gasteiger partial charge on any atom is -0.480 e. The van der Waals surface area contributed by atoms with Gasteiger partial charge in [-0.2, -0.15) is 0 Å². The van der Waals surface area contributed by atoms with Gasteiger partial charge in [-0.3, -0.25) is 9.69 Å². The van der Waals surface area contributed by atoms with Crippen LogP contribution >= 0.6 is 11.6 Å². The number of imidazole rings is 1. The Morgan fingerprint density at radius 2 is 1.78 bits per heavy atom. The van der Waals surface area contributed by atoms with E-state index in [9.17, 15) is 14.0 Å². The third-order valence-corrected chi connectivity index (χ3v) is 6.48. The highest BCUT2D eigenvalue weighted by Gasteiger charge is 2.32. The maximum absolute atomic E-state index is 14.7. The molecule has 1 heterocycles. The normalized spacial score (nSPS) is 12.6. The number of aliphatic carboxylic acids is 1. The lowest BCUT2D eigenvalue weighted by atomic mass is 10.1. The van der Waals surface area contributed by atoms with Crippen molar-refractivity contribution >= 4 is 23.7 Å².